The predicted molar refractivity (Wildman–Crippen MR) is 101 cm³/mol. The van der Waals surface area contributed by atoms with Gasteiger partial charge in [0.05, 0.1) is 14.2 Å². The molecule has 7 heteroatoms. The Morgan fingerprint density at radius 3 is 2.15 bits per heavy atom. The van der Waals surface area contributed by atoms with Gasteiger partial charge in [0.2, 0.25) is 11.8 Å². The highest BCUT2D eigenvalue weighted by Gasteiger charge is 2.16. The van der Waals surface area contributed by atoms with E-state index in [2.05, 4.69) is 10.6 Å². The number of ether oxygens (including phenoxy) is 2. The molecule has 2 rings (SSSR count). The van der Waals surface area contributed by atoms with E-state index in [0.29, 0.717) is 22.7 Å². The molecule has 0 aromatic heterocycles. The molecule has 2 aromatic rings. The number of primary amides is 1. The van der Waals surface area contributed by atoms with Crippen molar-refractivity contribution in [1.29, 1.82) is 0 Å². The van der Waals surface area contributed by atoms with Crippen molar-refractivity contribution in [3.8, 4) is 11.5 Å². The van der Waals surface area contributed by atoms with Gasteiger partial charge in [0.1, 0.15) is 6.04 Å². The smallest absolute Gasteiger partial charge is 0.248 e. The average Bonchev–Trinajstić information content (AvgIpc) is 2.63. The van der Waals surface area contributed by atoms with Crippen molar-refractivity contribution in [3.63, 3.8) is 0 Å². The third-order valence-corrected chi connectivity index (χ3v) is 3.93. The molecule has 0 aliphatic heterocycles. The van der Waals surface area contributed by atoms with Crippen molar-refractivity contribution in [1.82, 2.24) is 0 Å². The van der Waals surface area contributed by atoms with Crippen LogP contribution in [-0.2, 0) is 4.79 Å². The Bertz CT molecular complexity index is 803. The Hall–Kier alpha value is -3.22. The molecule has 0 bridgehead atoms. The molecule has 1 atom stereocenters. The number of rotatable bonds is 7. The van der Waals surface area contributed by atoms with Crippen LogP contribution in [0.25, 0.3) is 0 Å². The summed E-state index contributed by atoms with van der Waals surface area (Å²) in [7, 11) is 3.13. The molecule has 0 saturated carbocycles. The van der Waals surface area contributed by atoms with Crippen LogP contribution in [0.3, 0.4) is 0 Å². The van der Waals surface area contributed by atoms with E-state index in [1.807, 2.05) is 13.0 Å². The second-order valence-electron chi connectivity index (χ2n) is 5.82. The summed E-state index contributed by atoms with van der Waals surface area (Å²) in [6.07, 6.45) is 0. The summed E-state index contributed by atoms with van der Waals surface area (Å²) in [4.78, 5) is 23.5. The number of methoxy groups -OCH3 is 2. The summed E-state index contributed by atoms with van der Waals surface area (Å²) in [6.45, 7) is 3.67. The number of carbonyl (C=O) groups excluding carboxylic acids is 2. The van der Waals surface area contributed by atoms with Crippen LogP contribution in [-0.4, -0.2) is 32.1 Å². The van der Waals surface area contributed by atoms with Crippen molar-refractivity contribution < 1.29 is 19.1 Å². The molecule has 0 spiro atoms. The molecule has 0 aliphatic carbocycles. The molecule has 0 fully saturated rings. The largest absolute Gasteiger partial charge is 0.493 e. The average molecular weight is 357 g/mol. The van der Waals surface area contributed by atoms with Crippen LogP contribution < -0.4 is 25.8 Å². The standard InChI is InChI=1S/C19H23N3O4/c1-11-9-16(25-3)17(26-4)10-15(11)21-12(2)19(24)22-14-7-5-13(6-8-14)18(20)23/h5-10,12,21H,1-4H3,(H2,20,23)(H,22,24). The van der Waals surface area contributed by atoms with Crippen LogP contribution in [0.4, 0.5) is 11.4 Å². The molecule has 7 nitrogen and oxygen atoms in total. The molecule has 138 valence electrons. The first-order chi connectivity index (χ1) is 12.3. The highest BCUT2D eigenvalue weighted by Crippen LogP contribution is 2.33. The van der Waals surface area contributed by atoms with Gasteiger partial charge in [-0.2, -0.15) is 0 Å². The number of aryl methyl sites for hydroxylation is 1. The Balaban J connectivity index is 2.08. The fraction of sp³-hybridized carbons (Fsp3) is 0.263. The van der Waals surface area contributed by atoms with Gasteiger partial charge in [-0.3, -0.25) is 9.59 Å². The molecular formula is C19H23N3O4. The molecular weight excluding hydrogens is 334 g/mol. The third kappa shape index (κ3) is 4.44. The second-order valence-corrected chi connectivity index (χ2v) is 5.82. The number of amides is 2. The zero-order valence-corrected chi connectivity index (χ0v) is 15.3. The quantitative estimate of drug-likeness (QED) is 0.707. The van der Waals surface area contributed by atoms with Crippen molar-refractivity contribution in [2.75, 3.05) is 24.9 Å². The van der Waals surface area contributed by atoms with E-state index in [9.17, 15) is 9.59 Å². The number of nitrogens with two attached hydrogens (primary N) is 1. The van der Waals surface area contributed by atoms with Gasteiger partial charge in [0.15, 0.2) is 11.5 Å². The molecule has 0 heterocycles. The van der Waals surface area contributed by atoms with Gasteiger partial charge in [-0.1, -0.05) is 0 Å². The normalized spacial score (nSPS) is 11.4. The number of carbonyl (C=O) groups is 2. The van der Waals surface area contributed by atoms with Gasteiger partial charge in [-0.15, -0.1) is 0 Å². The van der Waals surface area contributed by atoms with Crippen LogP contribution in [0, 0.1) is 6.92 Å². The van der Waals surface area contributed by atoms with Gasteiger partial charge in [0.25, 0.3) is 0 Å². The Labute approximate surface area is 152 Å². The van der Waals surface area contributed by atoms with Crippen molar-refractivity contribution in [2.24, 2.45) is 5.73 Å². The zero-order valence-electron chi connectivity index (χ0n) is 15.3. The van der Waals surface area contributed by atoms with E-state index in [-0.39, 0.29) is 5.91 Å². The van der Waals surface area contributed by atoms with Crippen LogP contribution in [0.5, 0.6) is 11.5 Å². The number of hydrogen-bond donors (Lipinski definition) is 3. The first kappa shape index (κ1) is 19.1. The van der Waals surface area contributed by atoms with Gasteiger partial charge in [-0.25, -0.2) is 0 Å². The van der Waals surface area contributed by atoms with E-state index in [1.54, 1.807) is 51.5 Å². The zero-order chi connectivity index (χ0) is 19.3. The van der Waals surface area contributed by atoms with E-state index in [0.717, 1.165) is 11.3 Å². The predicted octanol–water partition coefficient (Wildman–Crippen LogP) is 2.55. The molecule has 0 saturated heterocycles. The van der Waals surface area contributed by atoms with E-state index >= 15 is 0 Å². The summed E-state index contributed by atoms with van der Waals surface area (Å²) in [6, 6.07) is 9.53. The summed E-state index contributed by atoms with van der Waals surface area (Å²) in [5.41, 5.74) is 7.86. The number of nitrogens with one attached hydrogen (secondary N) is 2. The number of benzene rings is 2. The van der Waals surface area contributed by atoms with Crippen LogP contribution in [0.2, 0.25) is 0 Å². The SMILES string of the molecule is COc1cc(C)c(NC(C)C(=O)Nc2ccc(C(N)=O)cc2)cc1OC. The highest BCUT2D eigenvalue weighted by molar-refractivity contribution is 5.97. The Morgan fingerprint density at radius 2 is 1.62 bits per heavy atom. The van der Waals surface area contributed by atoms with E-state index < -0.39 is 11.9 Å². The molecule has 2 aromatic carbocycles. The number of anilines is 2. The lowest BCUT2D eigenvalue weighted by Gasteiger charge is -2.19. The fourth-order valence-electron chi connectivity index (χ4n) is 2.40. The molecule has 0 radical (unpaired) electrons. The molecule has 2 amide bonds. The highest BCUT2D eigenvalue weighted by atomic mass is 16.5. The van der Waals surface area contributed by atoms with Crippen molar-refractivity contribution in [2.45, 2.75) is 19.9 Å². The fourth-order valence-corrected chi connectivity index (χ4v) is 2.40. The maximum Gasteiger partial charge on any atom is 0.248 e. The Morgan fingerprint density at radius 1 is 1.04 bits per heavy atom. The van der Waals surface area contributed by atoms with Crippen LogP contribution in [0.1, 0.15) is 22.8 Å². The van der Waals surface area contributed by atoms with E-state index in [1.165, 1.54) is 0 Å². The summed E-state index contributed by atoms with van der Waals surface area (Å²) in [5.74, 6) is 0.477. The van der Waals surface area contributed by atoms with Gasteiger partial charge >= 0.3 is 0 Å². The molecule has 1 unspecified atom stereocenters. The van der Waals surface area contributed by atoms with Crippen molar-refractivity contribution >= 4 is 23.2 Å². The molecule has 4 N–H and O–H groups in total. The number of hydrogen-bond acceptors (Lipinski definition) is 5. The minimum absolute atomic E-state index is 0.217. The molecule has 0 aliphatic rings. The first-order valence-electron chi connectivity index (χ1n) is 8.05. The summed E-state index contributed by atoms with van der Waals surface area (Å²) >= 11 is 0. The third-order valence-electron chi connectivity index (χ3n) is 3.93. The van der Waals surface area contributed by atoms with Crippen molar-refractivity contribution in [3.05, 3.63) is 47.5 Å². The van der Waals surface area contributed by atoms with E-state index in [4.69, 9.17) is 15.2 Å². The molecule has 26 heavy (non-hydrogen) atoms. The maximum absolute atomic E-state index is 12.4. The summed E-state index contributed by atoms with van der Waals surface area (Å²) < 4.78 is 10.6. The topological polar surface area (TPSA) is 103 Å². The lowest BCUT2D eigenvalue weighted by Crippen LogP contribution is -2.32. The lowest BCUT2D eigenvalue weighted by molar-refractivity contribution is -0.116. The van der Waals surface area contributed by atoms with Gasteiger partial charge in [0, 0.05) is 23.0 Å². The van der Waals surface area contributed by atoms with Gasteiger partial charge < -0.3 is 25.8 Å². The van der Waals surface area contributed by atoms with Crippen LogP contribution in [0.15, 0.2) is 36.4 Å². The maximum atomic E-state index is 12.4. The second kappa shape index (κ2) is 8.24. The van der Waals surface area contributed by atoms with Gasteiger partial charge in [-0.05, 0) is 49.7 Å². The Kier molecular flexibility index (Phi) is 6.06. The van der Waals surface area contributed by atoms with Crippen LogP contribution >= 0.6 is 0 Å². The lowest BCUT2D eigenvalue weighted by atomic mass is 10.1. The first-order valence-corrected chi connectivity index (χ1v) is 8.05. The minimum Gasteiger partial charge on any atom is -0.493 e. The minimum atomic E-state index is -0.512. The summed E-state index contributed by atoms with van der Waals surface area (Å²) in [5, 5.41) is 5.95. The monoisotopic (exact) mass is 357 g/mol.